The van der Waals surface area contributed by atoms with Gasteiger partial charge >= 0.3 is 5.97 Å². The fraction of sp³-hybridized carbons (Fsp3) is 0.545. The van der Waals surface area contributed by atoms with Crippen LogP contribution in [-0.2, 0) is 36.8 Å². The summed E-state index contributed by atoms with van der Waals surface area (Å²) < 4.78 is 5.86. The Bertz CT molecular complexity index is 1820. The third-order valence-electron chi connectivity index (χ3n) is 9.92. The molecule has 2 amide bonds. The Balaban J connectivity index is 0.000000318. The second-order valence-corrected chi connectivity index (χ2v) is 17.2. The average molecular weight is 751 g/mol. The van der Waals surface area contributed by atoms with Crippen molar-refractivity contribution >= 4 is 45.8 Å². The van der Waals surface area contributed by atoms with Crippen molar-refractivity contribution in [2.24, 2.45) is 10.8 Å². The van der Waals surface area contributed by atoms with Crippen LogP contribution >= 0.6 is 11.6 Å². The molecule has 2 aliphatic heterocycles. The molecular weight excluding hydrogens is 688 g/mol. The van der Waals surface area contributed by atoms with Crippen molar-refractivity contribution in [2.45, 2.75) is 148 Å². The first-order valence-electron chi connectivity index (χ1n) is 18.7. The highest BCUT2D eigenvalue weighted by atomic mass is 35.5. The minimum absolute atomic E-state index is 0.173. The third-order valence-corrected chi connectivity index (χ3v) is 10.5. The van der Waals surface area contributed by atoms with Crippen LogP contribution in [-0.4, -0.2) is 39.2 Å². The number of halogens is 1. The standard InChI is InChI=1S/C22H31NO3.C17H23NO2.C5H9ClO/c1-9-15-12-13(3)11-14(4)16(15)17-18(26-20(25)21(5,6)7)22(8,10-2)23-19(17)24;1-6-12-9-10(3)8-11(4)13(12)14-15(19)17(5,7-2)18-16(14)20;1-5(2,3)4(6)7/h11-12H,9-10H2,1-8H3,(H,23,24);8-9,19H,6-7H2,1-5H3,(H,18,20);1-3H3. The first-order valence-corrected chi connectivity index (χ1v) is 19.1. The molecule has 0 spiro atoms. The second kappa shape index (κ2) is 17.0. The van der Waals surface area contributed by atoms with E-state index in [2.05, 4.69) is 62.6 Å². The fourth-order valence-corrected chi connectivity index (χ4v) is 6.26. The smallest absolute Gasteiger partial charge is 0.316 e. The van der Waals surface area contributed by atoms with Gasteiger partial charge in [-0.2, -0.15) is 0 Å². The lowest BCUT2D eigenvalue weighted by Gasteiger charge is -2.28. The molecule has 4 rings (SSSR count). The van der Waals surface area contributed by atoms with Crippen LogP contribution in [0.4, 0.5) is 0 Å². The molecule has 0 aliphatic carbocycles. The van der Waals surface area contributed by atoms with E-state index in [-0.39, 0.29) is 34.2 Å². The molecule has 2 atom stereocenters. The van der Waals surface area contributed by atoms with E-state index in [1.54, 1.807) is 20.8 Å². The zero-order valence-corrected chi connectivity index (χ0v) is 35.8. The zero-order chi connectivity index (χ0) is 41.0. The number of carbonyl (C=O) groups is 4. The van der Waals surface area contributed by atoms with Gasteiger partial charge in [0, 0.05) is 5.41 Å². The molecular formula is C44H63ClN2O6. The number of aliphatic hydroxyl groups excluding tert-OH is 1. The third kappa shape index (κ3) is 10.2. The number of benzene rings is 2. The van der Waals surface area contributed by atoms with Gasteiger partial charge in [-0.3, -0.25) is 19.2 Å². The van der Waals surface area contributed by atoms with Crippen LogP contribution in [0.3, 0.4) is 0 Å². The summed E-state index contributed by atoms with van der Waals surface area (Å²) in [6, 6.07) is 8.33. The minimum atomic E-state index is -0.685. The van der Waals surface area contributed by atoms with E-state index in [0.717, 1.165) is 51.8 Å². The van der Waals surface area contributed by atoms with Crippen LogP contribution in [0.25, 0.3) is 11.1 Å². The summed E-state index contributed by atoms with van der Waals surface area (Å²) in [4.78, 5) is 48.1. The number of nitrogens with one attached hydrogen (secondary N) is 2. The summed E-state index contributed by atoms with van der Waals surface area (Å²) >= 11 is 5.11. The Morgan fingerprint density at radius 2 is 1.08 bits per heavy atom. The van der Waals surface area contributed by atoms with Gasteiger partial charge in [0.05, 0.1) is 27.6 Å². The molecule has 9 heteroatoms. The van der Waals surface area contributed by atoms with Gasteiger partial charge in [-0.05, 0) is 133 Å². The van der Waals surface area contributed by atoms with Gasteiger partial charge in [0.2, 0.25) is 5.24 Å². The maximum atomic E-state index is 12.9. The summed E-state index contributed by atoms with van der Waals surface area (Å²) in [6.45, 7) is 30.8. The molecule has 292 valence electrons. The quantitative estimate of drug-likeness (QED) is 0.191. The van der Waals surface area contributed by atoms with E-state index in [9.17, 15) is 24.3 Å². The zero-order valence-electron chi connectivity index (χ0n) is 35.0. The van der Waals surface area contributed by atoms with Crippen molar-refractivity contribution in [1.29, 1.82) is 0 Å². The Hall–Kier alpha value is -3.91. The van der Waals surface area contributed by atoms with E-state index in [1.807, 2.05) is 62.3 Å². The molecule has 8 nitrogen and oxygen atoms in total. The monoisotopic (exact) mass is 750 g/mol. The summed E-state index contributed by atoms with van der Waals surface area (Å²) in [5, 5.41) is 16.2. The number of aryl methyl sites for hydroxylation is 6. The van der Waals surface area contributed by atoms with Crippen LogP contribution in [0.15, 0.2) is 35.8 Å². The summed E-state index contributed by atoms with van der Waals surface area (Å²) in [6.07, 6.45) is 2.95. The predicted octanol–water partition coefficient (Wildman–Crippen LogP) is 9.70. The maximum Gasteiger partial charge on any atom is 0.316 e. The Morgan fingerprint density at radius 3 is 1.42 bits per heavy atom. The van der Waals surface area contributed by atoms with Crippen molar-refractivity contribution in [3.63, 3.8) is 0 Å². The highest BCUT2D eigenvalue weighted by Crippen LogP contribution is 2.40. The number of amides is 2. The van der Waals surface area contributed by atoms with Crippen LogP contribution < -0.4 is 10.6 Å². The molecule has 0 aromatic heterocycles. The van der Waals surface area contributed by atoms with Gasteiger partial charge in [0.25, 0.3) is 11.8 Å². The topological polar surface area (TPSA) is 122 Å². The first-order chi connectivity index (χ1) is 24.2. The molecule has 0 saturated heterocycles. The largest absolute Gasteiger partial charge is 0.509 e. The SMILES string of the molecule is CC(C)(C)C(=O)Cl.CCc1cc(C)cc(C)c1C1=C(O)C(C)(CC)NC1=O.CCc1cc(C)cc(C)c1C1=C(OC(=O)C(C)(C)C)C(C)(CC)NC1=O. The van der Waals surface area contributed by atoms with E-state index < -0.39 is 16.5 Å². The van der Waals surface area contributed by atoms with Gasteiger partial charge in [0.15, 0.2) is 0 Å². The van der Waals surface area contributed by atoms with Crippen LogP contribution in [0, 0.1) is 38.5 Å². The van der Waals surface area contributed by atoms with E-state index in [1.165, 1.54) is 5.56 Å². The normalized spacial score (nSPS) is 19.9. The van der Waals surface area contributed by atoms with Gasteiger partial charge in [-0.15, -0.1) is 0 Å². The molecule has 2 heterocycles. The number of esters is 1. The van der Waals surface area contributed by atoms with Gasteiger partial charge < -0.3 is 20.5 Å². The summed E-state index contributed by atoms with van der Waals surface area (Å²) in [5.41, 5.74) is 7.00. The highest BCUT2D eigenvalue weighted by molar-refractivity contribution is 6.64. The summed E-state index contributed by atoms with van der Waals surface area (Å²) in [7, 11) is 0. The van der Waals surface area contributed by atoms with Crippen LogP contribution in [0.1, 0.15) is 140 Å². The van der Waals surface area contributed by atoms with E-state index in [0.29, 0.717) is 29.7 Å². The van der Waals surface area contributed by atoms with Gasteiger partial charge in [-0.25, -0.2) is 0 Å². The van der Waals surface area contributed by atoms with Crippen molar-refractivity contribution in [1.82, 2.24) is 10.6 Å². The number of hydrogen-bond acceptors (Lipinski definition) is 6. The summed E-state index contributed by atoms with van der Waals surface area (Å²) in [5.74, 6) is -0.0524. The van der Waals surface area contributed by atoms with Crippen molar-refractivity contribution in [3.05, 3.63) is 80.3 Å². The minimum Gasteiger partial charge on any atom is -0.509 e. The first kappa shape index (κ1) is 45.2. The molecule has 0 radical (unpaired) electrons. The van der Waals surface area contributed by atoms with E-state index >= 15 is 0 Å². The van der Waals surface area contributed by atoms with Gasteiger partial charge in [-0.1, -0.05) is 83.9 Å². The van der Waals surface area contributed by atoms with Crippen LogP contribution in [0.2, 0.25) is 0 Å². The molecule has 0 bridgehead atoms. The van der Waals surface area contributed by atoms with Crippen molar-refractivity contribution in [2.75, 3.05) is 0 Å². The Kier molecular flexibility index (Phi) is 14.6. The van der Waals surface area contributed by atoms with E-state index in [4.69, 9.17) is 16.3 Å². The molecule has 2 unspecified atom stereocenters. The molecule has 53 heavy (non-hydrogen) atoms. The molecule has 0 saturated carbocycles. The van der Waals surface area contributed by atoms with Crippen molar-refractivity contribution in [3.8, 4) is 0 Å². The lowest BCUT2D eigenvalue weighted by atomic mass is 9.88. The van der Waals surface area contributed by atoms with Gasteiger partial charge in [0.1, 0.15) is 11.5 Å². The molecule has 0 fully saturated rings. The number of hydrogen-bond donors (Lipinski definition) is 3. The number of ether oxygens (including phenoxy) is 1. The molecule has 2 aliphatic rings. The predicted molar refractivity (Wildman–Crippen MR) is 217 cm³/mol. The number of aliphatic hydroxyl groups is 1. The fourth-order valence-electron chi connectivity index (χ4n) is 6.26. The molecule has 3 N–H and O–H groups in total. The second-order valence-electron chi connectivity index (χ2n) is 16.8. The molecule has 2 aromatic carbocycles. The Labute approximate surface area is 323 Å². The molecule has 2 aromatic rings. The highest BCUT2D eigenvalue weighted by Gasteiger charge is 2.46. The lowest BCUT2D eigenvalue weighted by Crippen LogP contribution is -2.42. The van der Waals surface area contributed by atoms with Crippen molar-refractivity contribution < 1.29 is 29.0 Å². The maximum absolute atomic E-state index is 12.9. The number of carbonyl (C=O) groups excluding carboxylic acids is 4. The lowest BCUT2D eigenvalue weighted by molar-refractivity contribution is -0.149. The average Bonchev–Trinajstić information content (AvgIpc) is 3.42. The Morgan fingerprint density at radius 1 is 0.698 bits per heavy atom. The van der Waals surface area contributed by atoms with Crippen LogP contribution in [0.5, 0.6) is 0 Å². The number of rotatable bonds is 7.